The predicted octanol–water partition coefficient (Wildman–Crippen LogP) is -0.551. The van der Waals surface area contributed by atoms with Crippen LogP contribution in [0.25, 0.3) is 0 Å². The topological polar surface area (TPSA) is 38.7 Å². The Morgan fingerprint density at radius 3 is 2.50 bits per heavy atom. The van der Waals surface area contributed by atoms with Gasteiger partial charge in [-0.15, -0.1) is 0 Å². The highest BCUT2D eigenvalue weighted by Crippen LogP contribution is 2.00. The van der Waals surface area contributed by atoms with Gasteiger partial charge in [0.05, 0.1) is 12.6 Å². The molecule has 2 N–H and O–H groups in total. The molecule has 0 aromatic heterocycles. The van der Waals surface area contributed by atoms with E-state index in [0.717, 1.165) is 26.2 Å². The Bertz CT molecular complexity index is 189. The fourth-order valence-corrected chi connectivity index (χ4v) is 1.92. The van der Waals surface area contributed by atoms with E-state index in [9.17, 15) is 13.9 Å². The van der Waals surface area contributed by atoms with Gasteiger partial charge in [-0.3, -0.25) is 9.80 Å². The van der Waals surface area contributed by atoms with Gasteiger partial charge in [0.1, 0.15) is 0 Å². The van der Waals surface area contributed by atoms with Gasteiger partial charge >= 0.3 is 0 Å². The first-order chi connectivity index (χ1) is 7.58. The lowest BCUT2D eigenvalue weighted by molar-refractivity contribution is 0.0489. The quantitative estimate of drug-likeness (QED) is 0.650. The standard InChI is InChI=1S/C10H21F2N3O/c1-14(8-10(11)12)6-9(16)7-15-4-2-13-3-5-15/h9-10,13,16H,2-8H2,1H3. The molecule has 0 bridgehead atoms. The highest BCUT2D eigenvalue weighted by molar-refractivity contribution is 4.72. The third-order valence-corrected chi connectivity index (χ3v) is 2.65. The number of hydrogen-bond donors (Lipinski definition) is 2. The number of halogens is 2. The summed E-state index contributed by atoms with van der Waals surface area (Å²) in [5.74, 6) is 0. The Hall–Kier alpha value is -0.300. The number of hydrogen-bond acceptors (Lipinski definition) is 4. The van der Waals surface area contributed by atoms with Crippen LogP contribution in [0.2, 0.25) is 0 Å². The summed E-state index contributed by atoms with van der Waals surface area (Å²) in [6.45, 7) is 4.27. The summed E-state index contributed by atoms with van der Waals surface area (Å²) in [6.07, 6.45) is -2.89. The third-order valence-electron chi connectivity index (χ3n) is 2.65. The van der Waals surface area contributed by atoms with E-state index in [2.05, 4.69) is 10.2 Å². The summed E-state index contributed by atoms with van der Waals surface area (Å²) in [5, 5.41) is 13.0. The molecule has 0 aromatic carbocycles. The minimum atomic E-state index is -2.34. The van der Waals surface area contributed by atoms with Gasteiger partial charge in [0, 0.05) is 39.3 Å². The van der Waals surface area contributed by atoms with Crippen LogP contribution < -0.4 is 5.32 Å². The van der Waals surface area contributed by atoms with Crippen LogP contribution in [0.15, 0.2) is 0 Å². The van der Waals surface area contributed by atoms with Crippen molar-refractivity contribution < 1.29 is 13.9 Å². The minimum Gasteiger partial charge on any atom is -0.390 e. The number of rotatable bonds is 6. The summed E-state index contributed by atoms with van der Waals surface area (Å²) in [5.41, 5.74) is 0. The van der Waals surface area contributed by atoms with Crippen LogP contribution in [0.3, 0.4) is 0 Å². The van der Waals surface area contributed by atoms with E-state index in [1.165, 1.54) is 4.90 Å². The maximum absolute atomic E-state index is 12.1. The van der Waals surface area contributed by atoms with Crippen LogP contribution in [0.1, 0.15) is 0 Å². The van der Waals surface area contributed by atoms with Gasteiger partial charge in [0.25, 0.3) is 6.43 Å². The van der Waals surface area contributed by atoms with E-state index in [4.69, 9.17) is 0 Å². The van der Waals surface area contributed by atoms with Crippen LogP contribution in [-0.2, 0) is 0 Å². The fourth-order valence-electron chi connectivity index (χ4n) is 1.92. The number of nitrogens with zero attached hydrogens (tertiary/aromatic N) is 2. The summed E-state index contributed by atoms with van der Waals surface area (Å²) in [4.78, 5) is 3.62. The van der Waals surface area contributed by atoms with Crippen molar-refractivity contribution in [2.45, 2.75) is 12.5 Å². The molecule has 6 heteroatoms. The van der Waals surface area contributed by atoms with Crippen molar-refractivity contribution in [3.05, 3.63) is 0 Å². The second-order valence-electron chi connectivity index (χ2n) is 4.32. The molecule has 0 amide bonds. The number of β-amino-alcohol motifs (C(OH)–C–C–N with tert-alkyl or cyclic N) is 1. The lowest BCUT2D eigenvalue weighted by Gasteiger charge is -2.30. The van der Waals surface area contributed by atoms with Gasteiger partial charge in [0.2, 0.25) is 0 Å². The Morgan fingerprint density at radius 1 is 1.31 bits per heavy atom. The first-order valence-electron chi connectivity index (χ1n) is 5.65. The molecule has 1 aliphatic rings. The van der Waals surface area contributed by atoms with Crippen LogP contribution in [0, 0.1) is 0 Å². The second-order valence-corrected chi connectivity index (χ2v) is 4.32. The highest BCUT2D eigenvalue weighted by atomic mass is 19.3. The van der Waals surface area contributed by atoms with Crippen molar-refractivity contribution in [1.82, 2.24) is 15.1 Å². The number of nitrogens with one attached hydrogen (secondary N) is 1. The zero-order valence-corrected chi connectivity index (χ0v) is 9.70. The molecule has 0 aliphatic carbocycles. The lowest BCUT2D eigenvalue weighted by Crippen LogP contribution is -2.48. The predicted molar refractivity (Wildman–Crippen MR) is 58.8 cm³/mol. The molecular formula is C10H21F2N3O. The molecule has 1 unspecified atom stereocenters. The summed E-state index contributed by atoms with van der Waals surface area (Å²) in [7, 11) is 1.60. The molecule has 0 spiro atoms. The Labute approximate surface area is 95.2 Å². The van der Waals surface area contributed by atoms with E-state index in [1.54, 1.807) is 7.05 Å². The molecule has 1 saturated heterocycles. The van der Waals surface area contributed by atoms with Crippen LogP contribution in [0.5, 0.6) is 0 Å². The molecule has 0 saturated carbocycles. The summed E-state index contributed by atoms with van der Waals surface area (Å²) >= 11 is 0. The Kier molecular flexibility index (Phi) is 6.12. The largest absolute Gasteiger partial charge is 0.390 e. The summed E-state index contributed by atoms with van der Waals surface area (Å²) < 4.78 is 24.1. The average molecular weight is 237 g/mol. The first kappa shape index (κ1) is 13.8. The maximum atomic E-state index is 12.1. The highest BCUT2D eigenvalue weighted by Gasteiger charge is 2.16. The van der Waals surface area contributed by atoms with E-state index in [0.29, 0.717) is 13.1 Å². The molecule has 4 nitrogen and oxygen atoms in total. The number of alkyl halides is 2. The monoisotopic (exact) mass is 237 g/mol. The second kappa shape index (κ2) is 7.11. The van der Waals surface area contributed by atoms with E-state index in [-0.39, 0.29) is 6.54 Å². The molecule has 16 heavy (non-hydrogen) atoms. The van der Waals surface area contributed by atoms with E-state index in [1.807, 2.05) is 0 Å². The van der Waals surface area contributed by atoms with Crippen molar-refractivity contribution in [3.8, 4) is 0 Å². The van der Waals surface area contributed by atoms with Crippen molar-refractivity contribution in [2.75, 3.05) is 52.9 Å². The van der Waals surface area contributed by atoms with Crippen molar-refractivity contribution in [2.24, 2.45) is 0 Å². The Morgan fingerprint density at radius 2 is 1.94 bits per heavy atom. The van der Waals surface area contributed by atoms with Gasteiger partial charge in [-0.2, -0.15) is 0 Å². The molecule has 0 aromatic rings. The Balaban J connectivity index is 2.15. The van der Waals surface area contributed by atoms with Gasteiger partial charge in [-0.25, -0.2) is 8.78 Å². The van der Waals surface area contributed by atoms with E-state index >= 15 is 0 Å². The molecule has 1 heterocycles. The van der Waals surface area contributed by atoms with E-state index < -0.39 is 12.5 Å². The molecule has 1 fully saturated rings. The normalized spacial score (nSPS) is 20.6. The van der Waals surface area contributed by atoms with Gasteiger partial charge in [-0.05, 0) is 7.05 Å². The molecule has 1 rings (SSSR count). The molecule has 0 radical (unpaired) electrons. The number of piperazine rings is 1. The SMILES string of the molecule is CN(CC(F)F)CC(O)CN1CCNCC1. The number of likely N-dealkylation sites (N-methyl/N-ethyl adjacent to an activating group) is 1. The van der Waals surface area contributed by atoms with Crippen LogP contribution in [-0.4, -0.2) is 80.3 Å². The molecule has 1 aliphatic heterocycles. The fraction of sp³-hybridized carbons (Fsp3) is 1.00. The first-order valence-corrected chi connectivity index (χ1v) is 5.65. The zero-order chi connectivity index (χ0) is 12.0. The molecule has 1 atom stereocenters. The number of aliphatic hydroxyl groups excluding tert-OH is 1. The number of aliphatic hydroxyl groups is 1. The smallest absolute Gasteiger partial charge is 0.251 e. The van der Waals surface area contributed by atoms with Gasteiger partial charge in [0.15, 0.2) is 0 Å². The minimum absolute atomic E-state index is 0.279. The van der Waals surface area contributed by atoms with Gasteiger partial charge < -0.3 is 10.4 Å². The van der Waals surface area contributed by atoms with Crippen molar-refractivity contribution in [3.63, 3.8) is 0 Å². The summed E-state index contributed by atoms with van der Waals surface area (Å²) in [6, 6.07) is 0. The zero-order valence-electron chi connectivity index (χ0n) is 9.70. The molecular weight excluding hydrogens is 216 g/mol. The van der Waals surface area contributed by atoms with Crippen molar-refractivity contribution in [1.29, 1.82) is 0 Å². The average Bonchev–Trinajstić information content (AvgIpc) is 2.17. The molecule has 96 valence electrons. The maximum Gasteiger partial charge on any atom is 0.251 e. The van der Waals surface area contributed by atoms with Crippen molar-refractivity contribution >= 4 is 0 Å². The lowest BCUT2D eigenvalue weighted by atomic mass is 10.2. The van der Waals surface area contributed by atoms with Gasteiger partial charge in [-0.1, -0.05) is 0 Å². The third kappa shape index (κ3) is 5.69. The van der Waals surface area contributed by atoms with Crippen LogP contribution in [0.4, 0.5) is 8.78 Å². The van der Waals surface area contributed by atoms with Crippen LogP contribution >= 0.6 is 0 Å².